The topological polar surface area (TPSA) is 85.5 Å². The van der Waals surface area contributed by atoms with E-state index in [1.54, 1.807) is 18.2 Å². The molecular formula is C16H14Cl2N6O2. The number of aromatic nitrogens is 5. The lowest BCUT2D eigenvalue weighted by atomic mass is 9.97. The molecule has 1 aromatic carbocycles. The number of para-hydroxylation sites is 1. The van der Waals surface area contributed by atoms with Crippen LogP contribution in [0.25, 0.3) is 5.65 Å². The summed E-state index contributed by atoms with van der Waals surface area (Å²) in [6, 6.07) is 8.66. The van der Waals surface area contributed by atoms with Crippen LogP contribution in [0.15, 0.2) is 30.3 Å². The van der Waals surface area contributed by atoms with Crippen molar-refractivity contribution in [3.05, 3.63) is 40.4 Å². The van der Waals surface area contributed by atoms with Gasteiger partial charge in [-0.3, -0.25) is 4.79 Å². The van der Waals surface area contributed by atoms with Crippen LogP contribution in [0.4, 0.5) is 5.82 Å². The SMILES string of the molecule is O=C(Oc1c(Cl)cccc1Cl)C1CCN(c2ccc3nnnn3n2)CC1. The van der Waals surface area contributed by atoms with Gasteiger partial charge in [-0.05, 0) is 47.5 Å². The number of benzene rings is 1. The number of piperidine rings is 1. The second kappa shape index (κ2) is 7.05. The molecule has 0 atom stereocenters. The largest absolute Gasteiger partial charge is 0.423 e. The van der Waals surface area contributed by atoms with Crippen molar-refractivity contribution in [3.63, 3.8) is 0 Å². The van der Waals surface area contributed by atoms with E-state index in [2.05, 4.69) is 25.5 Å². The fraction of sp³-hybridized carbons (Fsp3) is 0.312. The third-order valence-corrected chi connectivity index (χ3v) is 4.92. The van der Waals surface area contributed by atoms with E-state index < -0.39 is 0 Å². The van der Waals surface area contributed by atoms with Crippen LogP contribution in [0.1, 0.15) is 12.8 Å². The second-order valence-corrected chi connectivity index (χ2v) is 6.77. The van der Waals surface area contributed by atoms with Crippen molar-refractivity contribution in [2.24, 2.45) is 5.92 Å². The summed E-state index contributed by atoms with van der Waals surface area (Å²) in [4.78, 5) is 14.5. The van der Waals surface area contributed by atoms with Crippen molar-refractivity contribution >= 4 is 40.6 Å². The molecule has 0 unspecified atom stereocenters. The van der Waals surface area contributed by atoms with Crippen molar-refractivity contribution in [2.75, 3.05) is 18.0 Å². The lowest BCUT2D eigenvalue weighted by Crippen LogP contribution is -2.38. The molecule has 3 aromatic rings. The Labute approximate surface area is 158 Å². The Morgan fingerprint density at radius 2 is 1.85 bits per heavy atom. The predicted molar refractivity (Wildman–Crippen MR) is 95.6 cm³/mol. The lowest BCUT2D eigenvalue weighted by Gasteiger charge is -2.31. The molecule has 0 saturated carbocycles. The van der Waals surface area contributed by atoms with Gasteiger partial charge in [-0.2, -0.15) is 0 Å². The smallest absolute Gasteiger partial charge is 0.314 e. The van der Waals surface area contributed by atoms with Gasteiger partial charge >= 0.3 is 5.97 Å². The quantitative estimate of drug-likeness (QED) is 0.500. The first-order valence-corrected chi connectivity index (χ1v) is 8.83. The van der Waals surface area contributed by atoms with Gasteiger partial charge in [0.2, 0.25) is 0 Å². The fourth-order valence-electron chi connectivity index (χ4n) is 2.92. The number of ether oxygens (including phenoxy) is 1. The van der Waals surface area contributed by atoms with E-state index in [1.165, 1.54) is 4.63 Å². The van der Waals surface area contributed by atoms with Crippen LogP contribution in [-0.4, -0.2) is 44.3 Å². The molecule has 1 aliphatic heterocycles. The predicted octanol–water partition coefficient (Wildman–Crippen LogP) is 2.65. The molecule has 10 heteroatoms. The highest BCUT2D eigenvalue weighted by molar-refractivity contribution is 6.37. The number of anilines is 1. The summed E-state index contributed by atoms with van der Waals surface area (Å²) in [5.74, 6) is 0.457. The van der Waals surface area contributed by atoms with Crippen LogP contribution in [-0.2, 0) is 4.79 Å². The van der Waals surface area contributed by atoms with Crippen LogP contribution >= 0.6 is 23.2 Å². The summed E-state index contributed by atoms with van der Waals surface area (Å²) in [5, 5.41) is 16.2. The molecule has 2 aromatic heterocycles. The van der Waals surface area contributed by atoms with E-state index in [1.807, 2.05) is 12.1 Å². The summed E-state index contributed by atoms with van der Waals surface area (Å²) in [5.41, 5.74) is 0.587. The van der Waals surface area contributed by atoms with Gasteiger partial charge in [0.05, 0.1) is 16.0 Å². The maximum Gasteiger partial charge on any atom is 0.314 e. The monoisotopic (exact) mass is 392 g/mol. The molecule has 0 radical (unpaired) electrons. The minimum Gasteiger partial charge on any atom is -0.423 e. The summed E-state index contributed by atoms with van der Waals surface area (Å²) >= 11 is 12.1. The molecule has 8 nitrogen and oxygen atoms in total. The maximum atomic E-state index is 12.5. The Hall–Kier alpha value is -2.45. The minimum absolute atomic E-state index is 0.213. The van der Waals surface area contributed by atoms with E-state index in [0.717, 1.165) is 5.82 Å². The number of esters is 1. The van der Waals surface area contributed by atoms with Gasteiger partial charge in [0, 0.05) is 13.1 Å². The highest BCUT2D eigenvalue weighted by atomic mass is 35.5. The number of rotatable bonds is 3. The van der Waals surface area contributed by atoms with Gasteiger partial charge in [0.25, 0.3) is 0 Å². The van der Waals surface area contributed by atoms with Crippen molar-refractivity contribution in [1.29, 1.82) is 0 Å². The van der Waals surface area contributed by atoms with E-state index in [4.69, 9.17) is 27.9 Å². The van der Waals surface area contributed by atoms with Gasteiger partial charge in [-0.25, -0.2) is 0 Å². The molecule has 134 valence electrons. The van der Waals surface area contributed by atoms with E-state index in [9.17, 15) is 4.79 Å². The normalized spacial score (nSPS) is 15.4. The zero-order chi connectivity index (χ0) is 18.1. The van der Waals surface area contributed by atoms with Gasteiger partial charge in [0.1, 0.15) is 0 Å². The zero-order valence-corrected chi connectivity index (χ0v) is 15.1. The van der Waals surface area contributed by atoms with Crippen LogP contribution in [0, 0.1) is 5.92 Å². The summed E-state index contributed by atoms with van der Waals surface area (Å²) in [7, 11) is 0. The summed E-state index contributed by atoms with van der Waals surface area (Å²) < 4.78 is 6.82. The Kier molecular flexibility index (Phi) is 4.60. The van der Waals surface area contributed by atoms with Crippen molar-refractivity contribution in [1.82, 2.24) is 25.3 Å². The molecule has 1 fully saturated rings. The van der Waals surface area contributed by atoms with Crippen LogP contribution in [0.2, 0.25) is 10.0 Å². The minimum atomic E-state index is -0.316. The van der Waals surface area contributed by atoms with E-state index >= 15 is 0 Å². The van der Waals surface area contributed by atoms with Crippen molar-refractivity contribution in [2.45, 2.75) is 12.8 Å². The molecule has 0 amide bonds. The number of carbonyl (C=O) groups excluding carboxylic acids is 1. The molecule has 1 saturated heterocycles. The molecule has 0 bridgehead atoms. The molecule has 0 spiro atoms. The van der Waals surface area contributed by atoms with Gasteiger partial charge < -0.3 is 9.64 Å². The maximum absolute atomic E-state index is 12.5. The number of nitrogens with zero attached hydrogens (tertiary/aromatic N) is 6. The Morgan fingerprint density at radius 1 is 1.12 bits per heavy atom. The van der Waals surface area contributed by atoms with Crippen molar-refractivity contribution < 1.29 is 9.53 Å². The molecular weight excluding hydrogens is 379 g/mol. The average Bonchev–Trinajstić information content (AvgIpc) is 3.12. The summed E-state index contributed by atoms with van der Waals surface area (Å²) in [6.07, 6.45) is 1.30. The van der Waals surface area contributed by atoms with Crippen LogP contribution in [0.3, 0.4) is 0 Å². The molecule has 26 heavy (non-hydrogen) atoms. The van der Waals surface area contributed by atoms with Gasteiger partial charge in [-0.1, -0.05) is 29.3 Å². The zero-order valence-electron chi connectivity index (χ0n) is 13.5. The molecule has 1 aliphatic rings. The first-order valence-electron chi connectivity index (χ1n) is 8.08. The van der Waals surface area contributed by atoms with Gasteiger partial charge in [0.15, 0.2) is 17.2 Å². The Bertz CT molecular complexity index is 935. The average molecular weight is 393 g/mol. The second-order valence-electron chi connectivity index (χ2n) is 5.95. The summed E-state index contributed by atoms with van der Waals surface area (Å²) in [6.45, 7) is 1.35. The molecule has 0 aliphatic carbocycles. The van der Waals surface area contributed by atoms with E-state index in [-0.39, 0.29) is 17.6 Å². The number of hydrogen-bond donors (Lipinski definition) is 0. The molecule has 4 rings (SSSR count). The van der Waals surface area contributed by atoms with Crippen molar-refractivity contribution in [3.8, 4) is 5.75 Å². The number of tetrazole rings is 1. The lowest BCUT2D eigenvalue weighted by molar-refractivity contribution is -0.139. The number of carbonyl (C=O) groups is 1. The first-order chi connectivity index (χ1) is 12.6. The fourth-order valence-corrected chi connectivity index (χ4v) is 3.39. The Balaban J connectivity index is 1.40. The standard InChI is InChI=1S/C16H14Cl2N6O2/c17-11-2-1-3-12(18)15(11)26-16(25)10-6-8-23(9-7-10)14-5-4-13-19-21-22-24(13)20-14/h1-5,10H,6-9H2. The number of hydrogen-bond acceptors (Lipinski definition) is 7. The Morgan fingerprint density at radius 3 is 2.58 bits per heavy atom. The molecule has 0 N–H and O–H groups in total. The highest BCUT2D eigenvalue weighted by Gasteiger charge is 2.28. The third-order valence-electron chi connectivity index (χ3n) is 4.33. The van der Waals surface area contributed by atoms with Crippen LogP contribution in [0.5, 0.6) is 5.75 Å². The first kappa shape index (κ1) is 17.0. The third kappa shape index (κ3) is 3.30. The van der Waals surface area contributed by atoms with E-state index in [0.29, 0.717) is 41.6 Å². The van der Waals surface area contributed by atoms with Gasteiger partial charge in [-0.15, -0.1) is 14.8 Å². The molecule has 3 heterocycles. The number of fused-ring (bicyclic) bond motifs is 1. The van der Waals surface area contributed by atoms with Crippen LogP contribution < -0.4 is 9.64 Å². The highest BCUT2D eigenvalue weighted by Crippen LogP contribution is 2.33. The number of halogens is 2.